The molecule has 2 heterocycles. The number of amides is 1. The van der Waals surface area contributed by atoms with Gasteiger partial charge in [-0.25, -0.2) is 4.98 Å². The highest BCUT2D eigenvalue weighted by atomic mass is 32.2. The van der Waals surface area contributed by atoms with Crippen LogP contribution in [0.5, 0.6) is 0 Å². The minimum absolute atomic E-state index is 0.0248. The van der Waals surface area contributed by atoms with Crippen molar-refractivity contribution >= 4 is 34.6 Å². The molecular formula is C21H19N5O3S. The zero-order valence-corrected chi connectivity index (χ0v) is 17.5. The molecule has 1 amide bonds. The number of fused-ring (bicyclic) bond motifs is 1. The van der Waals surface area contributed by atoms with Crippen LogP contribution < -0.4 is 10.9 Å². The number of aromatic nitrogens is 4. The lowest BCUT2D eigenvalue weighted by molar-refractivity contribution is -0.113. The zero-order valence-electron chi connectivity index (χ0n) is 16.7. The van der Waals surface area contributed by atoms with Crippen LogP contribution in [-0.2, 0) is 4.79 Å². The molecule has 0 unspecified atom stereocenters. The summed E-state index contributed by atoms with van der Waals surface area (Å²) in [6.07, 6.45) is 0. The second-order valence-corrected chi connectivity index (χ2v) is 7.80. The van der Waals surface area contributed by atoms with Crippen LogP contribution >= 0.6 is 11.8 Å². The minimum atomic E-state index is -0.335. The highest BCUT2D eigenvalue weighted by molar-refractivity contribution is 7.99. The maximum absolute atomic E-state index is 13.3. The standard InChI is InChI=1S/C21H19N5O3S/c1-12-8-13(2)10-15(9-12)26-19(28)16-6-4-5-7-17(16)22-21(26)30-11-18(27)23-20-25-24-14(3)29-20/h4-10H,11H2,1-3H3,(H,23,25,27). The van der Waals surface area contributed by atoms with Gasteiger partial charge < -0.3 is 4.42 Å². The molecule has 0 bridgehead atoms. The Morgan fingerprint density at radius 3 is 2.53 bits per heavy atom. The van der Waals surface area contributed by atoms with Gasteiger partial charge in [0.25, 0.3) is 5.56 Å². The second kappa shape index (κ2) is 8.11. The van der Waals surface area contributed by atoms with Crippen molar-refractivity contribution in [3.8, 4) is 5.69 Å². The van der Waals surface area contributed by atoms with Gasteiger partial charge in [-0.15, -0.1) is 5.10 Å². The predicted octanol–water partition coefficient (Wildman–Crippen LogP) is 3.42. The van der Waals surface area contributed by atoms with Gasteiger partial charge in [-0.05, 0) is 49.2 Å². The summed E-state index contributed by atoms with van der Waals surface area (Å²) in [6.45, 7) is 5.59. The normalized spacial score (nSPS) is 11.0. The first-order chi connectivity index (χ1) is 14.4. The number of para-hydroxylation sites is 1. The number of rotatable bonds is 5. The molecule has 0 saturated heterocycles. The summed E-state index contributed by atoms with van der Waals surface area (Å²) in [5, 5.41) is 10.9. The molecule has 30 heavy (non-hydrogen) atoms. The lowest BCUT2D eigenvalue weighted by atomic mass is 10.1. The Bertz CT molecular complexity index is 1290. The molecule has 2 aromatic carbocycles. The Labute approximate surface area is 176 Å². The van der Waals surface area contributed by atoms with Gasteiger partial charge in [-0.2, -0.15) is 0 Å². The maximum Gasteiger partial charge on any atom is 0.322 e. The monoisotopic (exact) mass is 421 g/mol. The van der Waals surface area contributed by atoms with Crippen molar-refractivity contribution < 1.29 is 9.21 Å². The number of nitrogens with one attached hydrogen (secondary N) is 1. The molecule has 0 atom stereocenters. The van der Waals surface area contributed by atoms with Crippen LogP contribution in [0.3, 0.4) is 0 Å². The van der Waals surface area contributed by atoms with Crippen LogP contribution in [0.2, 0.25) is 0 Å². The third-order valence-electron chi connectivity index (χ3n) is 4.31. The van der Waals surface area contributed by atoms with E-state index < -0.39 is 0 Å². The second-order valence-electron chi connectivity index (χ2n) is 6.86. The molecule has 2 aromatic heterocycles. The number of hydrogen-bond acceptors (Lipinski definition) is 7. The van der Waals surface area contributed by atoms with Gasteiger partial charge >= 0.3 is 6.01 Å². The Morgan fingerprint density at radius 2 is 1.83 bits per heavy atom. The van der Waals surface area contributed by atoms with Crippen molar-refractivity contribution in [2.24, 2.45) is 0 Å². The average Bonchev–Trinajstić information content (AvgIpc) is 3.10. The Hall–Kier alpha value is -3.46. The fourth-order valence-electron chi connectivity index (χ4n) is 3.15. The molecule has 0 aliphatic heterocycles. The van der Waals surface area contributed by atoms with Crippen LogP contribution in [0.1, 0.15) is 17.0 Å². The summed E-state index contributed by atoms with van der Waals surface area (Å²) in [7, 11) is 0. The molecule has 152 valence electrons. The van der Waals surface area contributed by atoms with E-state index in [9.17, 15) is 9.59 Å². The summed E-state index contributed by atoms with van der Waals surface area (Å²) in [5.74, 6) is 0.0487. The molecule has 8 nitrogen and oxygen atoms in total. The van der Waals surface area contributed by atoms with Crippen molar-refractivity contribution in [1.82, 2.24) is 19.7 Å². The van der Waals surface area contributed by atoms with E-state index in [1.807, 2.05) is 44.2 Å². The Balaban J connectivity index is 1.72. The fourth-order valence-corrected chi connectivity index (χ4v) is 3.96. The molecule has 0 aliphatic carbocycles. The number of carbonyl (C=O) groups excluding carboxylic acids is 1. The lowest BCUT2D eigenvalue weighted by Gasteiger charge is -2.14. The van der Waals surface area contributed by atoms with E-state index in [4.69, 9.17) is 4.42 Å². The fraction of sp³-hybridized carbons (Fsp3) is 0.190. The third kappa shape index (κ3) is 4.11. The first-order valence-corrected chi connectivity index (χ1v) is 10.2. The van der Waals surface area contributed by atoms with E-state index in [1.165, 1.54) is 11.8 Å². The van der Waals surface area contributed by atoms with Gasteiger partial charge in [0.05, 0.1) is 22.3 Å². The van der Waals surface area contributed by atoms with Gasteiger partial charge in [0.15, 0.2) is 5.16 Å². The molecular weight excluding hydrogens is 402 g/mol. The number of carbonyl (C=O) groups is 1. The topological polar surface area (TPSA) is 103 Å². The van der Waals surface area contributed by atoms with Crippen LogP contribution in [0, 0.1) is 20.8 Å². The van der Waals surface area contributed by atoms with Crippen LogP contribution in [0.4, 0.5) is 6.01 Å². The molecule has 0 saturated carbocycles. The first kappa shape index (κ1) is 19.8. The summed E-state index contributed by atoms with van der Waals surface area (Å²) in [5.41, 5.74) is 3.18. The molecule has 4 rings (SSSR count). The number of anilines is 1. The molecule has 0 radical (unpaired) electrons. The van der Waals surface area contributed by atoms with E-state index in [0.29, 0.717) is 27.6 Å². The number of hydrogen-bond donors (Lipinski definition) is 1. The van der Waals surface area contributed by atoms with Crippen molar-refractivity contribution in [3.63, 3.8) is 0 Å². The van der Waals surface area contributed by atoms with Crippen LogP contribution in [0.25, 0.3) is 16.6 Å². The van der Waals surface area contributed by atoms with Crippen molar-refractivity contribution in [3.05, 3.63) is 69.8 Å². The van der Waals surface area contributed by atoms with E-state index in [2.05, 4.69) is 20.5 Å². The molecule has 4 aromatic rings. The highest BCUT2D eigenvalue weighted by Gasteiger charge is 2.16. The first-order valence-electron chi connectivity index (χ1n) is 9.24. The highest BCUT2D eigenvalue weighted by Crippen LogP contribution is 2.23. The van der Waals surface area contributed by atoms with Crippen LogP contribution in [-0.4, -0.2) is 31.4 Å². The summed E-state index contributed by atoms with van der Waals surface area (Å²) in [4.78, 5) is 30.3. The van der Waals surface area contributed by atoms with Crippen molar-refractivity contribution in [2.45, 2.75) is 25.9 Å². The van der Waals surface area contributed by atoms with Gasteiger partial charge in [0.2, 0.25) is 11.8 Å². The largest absolute Gasteiger partial charge is 0.408 e. The molecule has 0 spiro atoms. The average molecular weight is 421 g/mol. The zero-order chi connectivity index (χ0) is 21.3. The smallest absolute Gasteiger partial charge is 0.322 e. The van der Waals surface area contributed by atoms with Crippen molar-refractivity contribution in [2.75, 3.05) is 11.1 Å². The summed E-state index contributed by atoms with van der Waals surface area (Å²) in [6, 6.07) is 13.1. The van der Waals surface area contributed by atoms with Gasteiger partial charge in [-0.3, -0.25) is 19.5 Å². The van der Waals surface area contributed by atoms with E-state index in [0.717, 1.165) is 11.1 Å². The Kier molecular flexibility index (Phi) is 5.37. The quantitative estimate of drug-likeness (QED) is 0.389. The van der Waals surface area contributed by atoms with Crippen LogP contribution in [0.15, 0.2) is 56.8 Å². The van der Waals surface area contributed by atoms with E-state index >= 15 is 0 Å². The minimum Gasteiger partial charge on any atom is -0.408 e. The van der Waals surface area contributed by atoms with E-state index in [1.54, 1.807) is 23.6 Å². The number of thioether (sulfide) groups is 1. The predicted molar refractivity (Wildman–Crippen MR) is 115 cm³/mol. The molecule has 0 fully saturated rings. The summed E-state index contributed by atoms with van der Waals surface area (Å²) < 4.78 is 6.72. The van der Waals surface area contributed by atoms with Gasteiger partial charge in [0, 0.05) is 6.92 Å². The number of benzene rings is 2. The molecule has 0 aliphatic rings. The number of nitrogens with zero attached hydrogens (tertiary/aromatic N) is 4. The SMILES string of the molecule is Cc1cc(C)cc(-n2c(SCC(=O)Nc3nnc(C)o3)nc3ccccc3c2=O)c1. The van der Waals surface area contributed by atoms with Gasteiger partial charge in [0.1, 0.15) is 0 Å². The van der Waals surface area contributed by atoms with E-state index in [-0.39, 0.29) is 23.2 Å². The third-order valence-corrected chi connectivity index (χ3v) is 5.25. The maximum atomic E-state index is 13.3. The Morgan fingerprint density at radius 1 is 1.10 bits per heavy atom. The lowest BCUT2D eigenvalue weighted by Crippen LogP contribution is -2.23. The number of aryl methyl sites for hydroxylation is 3. The van der Waals surface area contributed by atoms with Crippen molar-refractivity contribution in [1.29, 1.82) is 0 Å². The van der Waals surface area contributed by atoms with Gasteiger partial charge in [-0.1, -0.05) is 35.1 Å². The molecule has 1 N–H and O–H groups in total. The summed E-state index contributed by atoms with van der Waals surface area (Å²) >= 11 is 1.17. The molecule has 9 heteroatoms.